The van der Waals surface area contributed by atoms with E-state index in [1.54, 1.807) is 0 Å². The molecule has 1 aliphatic heterocycles. The maximum Gasteiger partial charge on any atom is 0.217 e. The van der Waals surface area contributed by atoms with E-state index in [1.165, 1.54) is 6.92 Å². The first-order chi connectivity index (χ1) is 8.01. The van der Waals surface area contributed by atoms with E-state index in [0.717, 1.165) is 0 Å². The second-order valence-corrected chi connectivity index (χ2v) is 4.25. The molecule has 3 N–H and O–H groups in total. The zero-order valence-electron chi connectivity index (χ0n) is 10.4. The van der Waals surface area contributed by atoms with E-state index in [-0.39, 0.29) is 24.5 Å². The van der Waals surface area contributed by atoms with Crippen LogP contribution < -0.4 is 5.32 Å². The number of hydrogen-bond donors (Lipinski definition) is 3. The number of rotatable bonds is 4. The summed E-state index contributed by atoms with van der Waals surface area (Å²) in [4.78, 5) is 11.1. The maximum absolute atomic E-state index is 11.1. The van der Waals surface area contributed by atoms with Crippen molar-refractivity contribution in [3.05, 3.63) is 0 Å². The quantitative estimate of drug-likeness (QED) is 0.608. The van der Waals surface area contributed by atoms with Crippen molar-refractivity contribution in [1.82, 2.24) is 5.32 Å². The molecule has 0 saturated carbocycles. The molecule has 1 saturated heterocycles. The second kappa shape index (κ2) is 6.30. The third-order valence-electron chi connectivity index (χ3n) is 2.99. The summed E-state index contributed by atoms with van der Waals surface area (Å²) in [6, 6.07) is -0.606. The SMILES string of the molecule is CCO[C@H]1C(NC(C)=O)[C@H](O)OC(CO)[C@H]1C. The molecule has 1 rings (SSSR count). The Labute approximate surface area is 101 Å². The molecule has 6 heteroatoms. The summed E-state index contributed by atoms with van der Waals surface area (Å²) in [5, 5.41) is 21.6. The van der Waals surface area contributed by atoms with Gasteiger partial charge in [0, 0.05) is 19.4 Å². The van der Waals surface area contributed by atoms with Crippen LogP contribution >= 0.6 is 0 Å². The van der Waals surface area contributed by atoms with Gasteiger partial charge in [0.05, 0.1) is 18.8 Å². The molecular formula is C11H21NO5. The molecule has 1 aliphatic rings. The molecule has 0 bridgehead atoms. The molecule has 1 amide bonds. The Kier molecular flexibility index (Phi) is 5.32. The van der Waals surface area contributed by atoms with E-state index in [2.05, 4.69) is 5.32 Å². The van der Waals surface area contributed by atoms with Gasteiger partial charge in [0.2, 0.25) is 5.91 Å². The molecule has 5 atom stereocenters. The molecule has 0 aromatic carbocycles. The number of hydrogen-bond acceptors (Lipinski definition) is 5. The van der Waals surface area contributed by atoms with E-state index in [1.807, 2.05) is 13.8 Å². The molecule has 0 radical (unpaired) electrons. The Bertz CT molecular complexity index is 260. The van der Waals surface area contributed by atoms with Gasteiger partial charge in [0.25, 0.3) is 0 Å². The first-order valence-electron chi connectivity index (χ1n) is 5.84. The zero-order chi connectivity index (χ0) is 13.0. The molecule has 2 unspecified atom stereocenters. The number of aliphatic hydroxyl groups is 2. The van der Waals surface area contributed by atoms with Gasteiger partial charge in [-0.15, -0.1) is 0 Å². The van der Waals surface area contributed by atoms with Gasteiger partial charge in [-0.2, -0.15) is 0 Å². The van der Waals surface area contributed by atoms with E-state index in [0.29, 0.717) is 6.61 Å². The minimum atomic E-state index is -1.16. The molecule has 0 aromatic rings. The highest BCUT2D eigenvalue weighted by Gasteiger charge is 2.43. The molecule has 1 fully saturated rings. The highest BCUT2D eigenvalue weighted by molar-refractivity contribution is 5.73. The summed E-state index contributed by atoms with van der Waals surface area (Å²) in [5.74, 6) is -0.364. The minimum absolute atomic E-state index is 0.111. The maximum atomic E-state index is 11.1. The number of amides is 1. The van der Waals surface area contributed by atoms with E-state index >= 15 is 0 Å². The van der Waals surface area contributed by atoms with Gasteiger partial charge in [-0.25, -0.2) is 0 Å². The van der Waals surface area contributed by atoms with Crippen LogP contribution in [0.2, 0.25) is 0 Å². The fourth-order valence-corrected chi connectivity index (χ4v) is 2.13. The Hall–Kier alpha value is -0.690. The van der Waals surface area contributed by atoms with Crippen molar-refractivity contribution in [2.75, 3.05) is 13.2 Å². The lowest BCUT2D eigenvalue weighted by atomic mass is 9.89. The van der Waals surface area contributed by atoms with Crippen LogP contribution in [0.5, 0.6) is 0 Å². The van der Waals surface area contributed by atoms with E-state index in [9.17, 15) is 9.90 Å². The summed E-state index contributed by atoms with van der Waals surface area (Å²) in [6.07, 6.45) is -2.01. The van der Waals surface area contributed by atoms with Crippen molar-refractivity contribution in [2.24, 2.45) is 5.92 Å². The van der Waals surface area contributed by atoms with Gasteiger partial charge in [-0.1, -0.05) is 6.92 Å². The van der Waals surface area contributed by atoms with Gasteiger partial charge in [0.1, 0.15) is 6.04 Å². The average molecular weight is 247 g/mol. The van der Waals surface area contributed by atoms with Gasteiger partial charge in [0.15, 0.2) is 6.29 Å². The lowest BCUT2D eigenvalue weighted by Crippen LogP contribution is -2.61. The number of ether oxygens (including phenoxy) is 2. The predicted molar refractivity (Wildman–Crippen MR) is 60.1 cm³/mol. The van der Waals surface area contributed by atoms with Crippen LogP contribution in [0.3, 0.4) is 0 Å². The van der Waals surface area contributed by atoms with Gasteiger partial charge in [-0.05, 0) is 6.92 Å². The highest BCUT2D eigenvalue weighted by atomic mass is 16.6. The summed E-state index contributed by atoms with van der Waals surface area (Å²) in [5.41, 5.74) is 0. The molecule has 100 valence electrons. The average Bonchev–Trinajstić information content (AvgIpc) is 2.27. The summed E-state index contributed by atoms with van der Waals surface area (Å²) < 4.78 is 10.8. The predicted octanol–water partition coefficient (Wildman–Crippen LogP) is -0.758. The Balaban J connectivity index is 2.81. The number of carbonyl (C=O) groups is 1. The van der Waals surface area contributed by atoms with Crippen LogP contribution in [0.15, 0.2) is 0 Å². The highest BCUT2D eigenvalue weighted by Crippen LogP contribution is 2.27. The lowest BCUT2D eigenvalue weighted by molar-refractivity contribution is -0.243. The molecule has 0 aliphatic carbocycles. The number of aliphatic hydroxyl groups excluding tert-OH is 2. The van der Waals surface area contributed by atoms with Crippen molar-refractivity contribution < 1.29 is 24.5 Å². The van der Waals surface area contributed by atoms with Crippen LogP contribution in [0.1, 0.15) is 20.8 Å². The summed E-state index contributed by atoms with van der Waals surface area (Å²) in [6.45, 7) is 5.36. The van der Waals surface area contributed by atoms with Crippen molar-refractivity contribution in [3.8, 4) is 0 Å². The molecule has 0 spiro atoms. The molecule has 0 aromatic heterocycles. The second-order valence-electron chi connectivity index (χ2n) is 4.25. The summed E-state index contributed by atoms with van der Waals surface area (Å²) in [7, 11) is 0. The van der Waals surface area contributed by atoms with Gasteiger partial charge in [-0.3, -0.25) is 4.79 Å². The van der Waals surface area contributed by atoms with Crippen LogP contribution in [-0.2, 0) is 14.3 Å². The lowest BCUT2D eigenvalue weighted by Gasteiger charge is -2.43. The number of carbonyl (C=O) groups excluding carboxylic acids is 1. The van der Waals surface area contributed by atoms with Crippen LogP contribution in [-0.4, -0.2) is 53.9 Å². The van der Waals surface area contributed by atoms with Gasteiger partial charge < -0.3 is 25.0 Å². The van der Waals surface area contributed by atoms with Crippen LogP contribution in [0, 0.1) is 5.92 Å². The van der Waals surface area contributed by atoms with E-state index < -0.39 is 18.4 Å². The van der Waals surface area contributed by atoms with Crippen molar-refractivity contribution in [1.29, 1.82) is 0 Å². The standard InChI is InChI=1S/C11H21NO5/c1-4-16-10-6(2)8(5-13)17-11(15)9(10)12-7(3)14/h6,8-11,13,15H,4-5H2,1-3H3,(H,12,14)/t6-,8?,9?,10-,11-/m1/s1. The van der Waals surface area contributed by atoms with Gasteiger partial charge >= 0.3 is 0 Å². The first kappa shape index (κ1) is 14.4. The first-order valence-corrected chi connectivity index (χ1v) is 5.84. The fourth-order valence-electron chi connectivity index (χ4n) is 2.13. The molecule has 17 heavy (non-hydrogen) atoms. The third-order valence-corrected chi connectivity index (χ3v) is 2.99. The molecule has 6 nitrogen and oxygen atoms in total. The normalized spacial score (nSPS) is 37.8. The van der Waals surface area contributed by atoms with Crippen molar-refractivity contribution in [3.63, 3.8) is 0 Å². The van der Waals surface area contributed by atoms with Crippen molar-refractivity contribution >= 4 is 5.91 Å². The van der Waals surface area contributed by atoms with Crippen LogP contribution in [0.25, 0.3) is 0 Å². The zero-order valence-corrected chi connectivity index (χ0v) is 10.4. The monoisotopic (exact) mass is 247 g/mol. The topological polar surface area (TPSA) is 88.0 Å². The summed E-state index contributed by atoms with van der Waals surface area (Å²) >= 11 is 0. The Morgan fingerprint density at radius 1 is 1.53 bits per heavy atom. The fraction of sp³-hybridized carbons (Fsp3) is 0.909. The Morgan fingerprint density at radius 2 is 2.18 bits per heavy atom. The number of nitrogens with one attached hydrogen (secondary N) is 1. The van der Waals surface area contributed by atoms with E-state index in [4.69, 9.17) is 14.6 Å². The smallest absolute Gasteiger partial charge is 0.217 e. The third kappa shape index (κ3) is 3.38. The minimum Gasteiger partial charge on any atom is -0.394 e. The Morgan fingerprint density at radius 3 is 2.65 bits per heavy atom. The molecular weight excluding hydrogens is 226 g/mol. The largest absolute Gasteiger partial charge is 0.394 e. The van der Waals surface area contributed by atoms with Crippen molar-refractivity contribution in [2.45, 2.75) is 45.3 Å². The van der Waals surface area contributed by atoms with Crippen LogP contribution in [0.4, 0.5) is 0 Å². The molecule has 1 heterocycles.